The fourth-order valence-electron chi connectivity index (χ4n) is 3.59. The summed E-state index contributed by atoms with van der Waals surface area (Å²) in [7, 11) is 2.06. The molecule has 2 aromatic rings. The normalized spacial score (nSPS) is 28.1. The lowest BCUT2D eigenvalue weighted by Crippen LogP contribution is -2.27. The van der Waals surface area contributed by atoms with Gasteiger partial charge in [-0.2, -0.15) is 5.10 Å². The summed E-state index contributed by atoms with van der Waals surface area (Å²) in [6, 6.07) is 12.0. The molecule has 3 heteroatoms. The molecule has 0 aliphatic heterocycles. The molecule has 1 heterocycles. The summed E-state index contributed by atoms with van der Waals surface area (Å²) < 4.78 is 2.05. The van der Waals surface area contributed by atoms with Gasteiger partial charge >= 0.3 is 0 Å². The maximum Gasteiger partial charge on any atom is 0.0540 e. The Labute approximate surface area is 120 Å². The number of fused-ring (bicyclic) bond motifs is 1. The van der Waals surface area contributed by atoms with Crippen molar-refractivity contribution in [2.24, 2.45) is 7.05 Å². The van der Waals surface area contributed by atoms with Crippen molar-refractivity contribution < 1.29 is 0 Å². The second-order valence-corrected chi connectivity index (χ2v) is 6.14. The van der Waals surface area contributed by atoms with Gasteiger partial charge in [0.15, 0.2) is 0 Å². The number of benzene rings is 1. The largest absolute Gasteiger partial charge is 0.306 e. The van der Waals surface area contributed by atoms with E-state index in [1.54, 1.807) is 0 Å². The van der Waals surface area contributed by atoms with Gasteiger partial charge < -0.3 is 5.32 Å². The Kier molecular flexibility index (Phi) is 2.88. The Balaban J connectivity index is 1.47. The number of aryl methyl sites for hydroxylation is 1. The summed E-state index contributed by atoms with van der Waals surface area (Å²) >= 11 is 0. The summed E-state index contributed by atoms with van der Waals surface area (Å²) in [6.45, 7) is 0. The molecule has 20 heavy (non-hydrogen) atoms. The van der Waals surface area contributed by atoms with Crippen molar-refractivity contribution in [1.29, 1.82) is 0 Å². The van der Waals surface area contributed by atoms with E-state index in [2.05, 4.69) is 54.0 Å². The zero-order valence-electron chi connectivity index (χ0n) is 11.9. The maximum atomic E-state index is 4.43. The van der Waals surface area contributed by atoms with E-state index in [9.17, 15) is 0 Å². The van der Waals surface area contributed by atoms with Crippen molar-refractivity contribution in [3.8, 4) is 0 Å². The standard InChI is InChI=1S/C17H21N3/c1-20-17-9-5-8-15(14(17)11-18-20)19-16-10-13(16)12-6-3-2-4-7-12/h2-4,6-7,11,13,15-16,19H,5,8-10H2,1H3. The van der Waals surface area contributed by atoms with E-state index in [-0.39, 0.29) is 0 Å². The van der Waals surface area contributed by atoms with Gasteiger partial charge in [0.05, 0.1) is 6.20 Å². The third-order valence-corrected chi connectivity index (χ3v) is 4.81. The highest BCUT2D eigenvalue weighted by atomic mass is 15.3. The van der Waals surface area contributed by atoms with Gasteiger partial charge in [-0.25, -0.2) is 0 Å². The molecule has 1 aromatic carbocycles. The first kappa shape index (κ1) is 12.2. The number of rotatable bonds is 3. The maximum absolute atomic E-state index is 4.43. The minimum absolute atomic E-state index is 0.506. The smallest absolute Gasteiger partial charge is 0.0540 e. The Morgan fingerprint density at radius 2 is 2.10 bits per heavy atom. The molecule has 1 aromatic heterocycles. The van der Waals surface area contributed by atoms with Crippen LogP contribution in [0.3, 0.4) is 0 Å². The third kappa shape index (κ3) is 2.06. The van der Waals surface area contributed by atoms with E-state index in [1.807, 2.05) is 4.68 Å². The number of hydrogen-bond donors (Lipinski definition) is 1. The van der Waals surface area contributed by atoms with Crippen molar-refractivity contribution >= 4 is 0 Å². The highest BCUT2D eigenvalue weighted by Gasteiger charge is 2.40. The van der Waals surface area contributed by atoms with Gasteiger partial charge in [0.25, 0.3) is 0 Å². The van der Waals surface area contributed by atoms with E-state index in [1.165, 1.54) is 42.5 Å². The molecule has 0 spiro atoms. The van der Waals surface area contributed by atoms with E-state index in [0.29, 0.717) is 18.0 Å². The molecule has 3 unspecified atom stereocenters. The van der Waals surface area contributed by atoms with Gasteiger partial charge in [-0.05, 0) is 31.2 Å². The van der Waals surface area contributed by atoms with E-state index < -0.39 is 0 Å². The fourth-order valence-corrected chi connectivity index (χ4v) is 3.59. The molecule has 0 amide bonds. The van der Waals surface area contributed by atoms with Crippen LogP contribution in [0.4, 0.5) is 0 Å². The van der Waals surface area contributed by atoms with Crippen LogP contribution < -0.4 is 5.32 Å². The molecule has 2 aliphatic carbocycles. The molecular formula is C17H21N3. The predicted molar refractivity (Wildman–Crippen MR) is 79.6 cm³/mol. The zero-order valence-corrected chi connectivity index (χ0v) is 11.9. The molecule has 2 aliphatic rings. The number of hydrogen-bond acceptors (Lipinski definition) is 2. The van der Waals surface area contributed by atoms with Gasteiger partial charge in [-0.1, -0.05) is 30.3 Å². The van der Waals surface area contributed by atoms with Crippen LogP contribution in [0.15, 0.2) is 36.5 Å². The van der Waals surface area contributed by atoms with Gasteiger partial charge in [-0.15, -0.1) is 0 Å². The molecule has 0 saturated heterocycles. The summed E-state index contributed by atoms with van der Waals surface area (Å²) in [6.07, 6.45) is 7.03. The molecular weight excluding hydrogens is 246 g/mol. The van der Waals surface area contributed by atoms with Crippen LogP contribution in [0, 0.1) is 0 Å². The highest BCUT2D eigenvalue weighted by Crippen LogP contribution is 2.43. The fraction of sp³-hybridized carbons (Fsp3) is 0.471. The number of aromatic nitrogens is 2. The lowest BCUT2D eigenvalue weighted by atomic mass is 9.93. The van der Waals surface area contributed by atoms with Gasteiger partial charge in [0.2, 0.25) is 0 Å². The van der Waals surface area contributed by atoms with Crippen LogP contribution in [-0.2, 0) is 13.5 Å². The average molecular weight is 267 g/mol. The van der Waals surface area contributed by atoms with E-state index in [4.69, 9.17) is 0 Å². The predicted octanol–water partition coefficient (Wildman–Crippen LogP) is 2.94. The Morgan fingerprint density at radius 1 is 1.25 bits per heavy atom. The Bertz CT molecular complexity index is 602. The first-order valence-corrected chi connectivity index (χ1v) is 7.64. The minimum Gasteiger partial charge on any atom is -0.306 e. The zero-order chi connectivity index (χ0) is 13.5. The van der Waals surface area contributed by atoms with Crippen molar-refractivity contribution in [1.82, 2.24) is 15.1 Å². The Hall–Kier alpha value is -1.61. The molecule has 0 radical (unpaired) electrons. The molecule has 3 atom stereocenters. The summed E-state index contributed by atoms with van der Waals surface area (Å²) in [5.74, 6) is 0.707. The molecule has 3 nitrogen and oxygen atoms in total. The molecule has 0 bridgehead atoms. The highest BCUT2D eigenvalue weighted by molar-refractivity contribution is 5.30. The van der Waals surface area contributed by atoms with Crippen molar-refractivity contribution in [2.45, 2.75) is 43.7 Å². The van der Waals surface area contributed by atoms with Crippen LogP contribution in [0.25, 0.3) is 0 Å². The Morgan fingerprint density at radius 3 is 2.95 bits per heavy atom. The van der Waals surface area contributed by atoms with Crippen LogP contribution in [0.1, 0.15) is 48.0 Å². The second-order valence-electron chi connectivity index (χ2n) is 6.14. The van der Waals surface area contributed by atoms with Crippen molar-refractivity contribution in [2.75, 3.05) is 0 Å². The van der Waals surface area contributed by atoms with Crippen molar-refractivity contribution in [3.63, 3.8) is 0 Å². The van der Waals surface area contributed by atoms with Gasteiger partial charge in [0, 0.05) is 36.3 Å². The van der Waals surface area contributed by atoms with Gasteiger partial charge in [0.1, 0.15) is 0 Å². The van der Waals surface area contributed by atoms with E-state index >= 15 is 0 Å². The average Bonchev–Trinajstić information content (AvgIpc) is 3.15. The SMILES string of the molecule is Cn1ncc2c1CCCC2NC1CC1c1ccccc1. The monoisotopic (exact) mass is 267 g/mol. The molecule has 1 fully saturated rings. The van der Waals surface area contributed by atoms with Crippen LogP contribution in [0.2, 0.25) is 0 Å². The molecule has 1 N–H and O–H groups in total. The molecule has 104 valence electrons. The minimum atomic E-state index is 0.506. The van der Waals surface area contributed by atoms with Crippen LogP contribution in [0.5, 0.6) is 0 Å². The van der Waals surface area contributed by atoms with Crippen LogP contribution in [-0.4, -0.2) is 15.8 Å². The number of nitrogens with one attached hydrogen (secondary N) is 1. The summed E-state index contributed by atoms with van der Waals surface area (Å²) in [5, 5.41) is 8.29. The first-order valence-electron chi connectivity index (χ1n) is 7.64. The first-order chi connectivity index (χ1) is 9.83. The topological polar surface area (TPSA) is 29.9 Å². The quantitative estimate of drug-likeness (QED) is 0.926. The van der Waals surface area contributed by atoms with E-state index in [0.717, 1.165) is 0 Å². The van der Waals surface area contributed by atoms with Gasteiger partial charge in [-0.3, -0.25) is 4.68 Å². The summed E-state index contributed by atoms with van der Waals surface area (Å²) in [5.41, 5.74) is 4.33. The lowest BCUT2D eigenvalue weighted by Gasteiger charge is -2.24. The van der Waals surface area contributed by atoms with Crippen molar-refractivity contribution in [3.05, 3.63) is 53.3 Å². The second kappa shape index (κ2) is 4.74. The molecule has 4 rings (SSSR count). The molecule has 1 saturated carbocycles. The summed E-state index contributed by atoms with van der Waals surface area (Å²) in [4.78, 5) is 0. The lowest BCUT2D eigenvalue weighted by molar-refractivity contribution is 0.447. The number of nitrogens with zero attached hydrogens (tertiary/aromatic N) is 2. The van der Waals surface area contributed by atoms with Crippen LogP contribution >= 0.6 is 0 Å². The third-order valence-electron chi connectivity index (χ3n) is 4.81.